The number of esters is 1. The molecule has 1 heterocycles. The van der Waals surface area contributed by atoms with Crippen LogP contribution in [0.3, 0.4) is 0 Å². The molecule has 0 spiro atoms. The fraction of sp³-hybridized carbons (Fsp3) is 0.400. The zero-order valence-corrected chi connectivity index (χ0v) is 25.8. The first-order valence-electron chi connectivity index (χ1n) is 13.9. The van der Waals surface area contributed by atoms with Gasteiger partial charge in [0.15, 0.2) is 0 Å². The summed E-state index contributed by atoms with van der Waals surface area (Å²) in [6.45, 7) is 3.68. The lowest BCUT2D eigenvalue weighted by atomic mass is 9.51. The summed E-state index contributed by atoms with van der Waals surface area (Å²) < 4.78 is 112. The topological polar surface area (TPSA) is 147 Å². The smallest absolute Gasteiger partial charge is 0.469 e. The van der Waals surface area contributed by atoms with E-state index in [1.54, 1.807) is 6.07 Å². The Morgan fingerprint density at radius 1 is 1.04 bits per heavy atom. The van der Waals surface area contributed by atoms with Crippen LogP contribution in [-0.4, -0.2) is 45.0 Å². The van der Waals surface area contributed by atoms with Crippen LogP contribution >= 0.6 is 0 Å². The average molecular weight is 687 g/mol. The van der Waals surface area contributed by atoms with Crippen molar-refractivity contribution < 1.29 is 53.3 Å². The number of dihydropyridines is 1. The molecule has 0 aromatic heterocycles. The third-order valence-electron chi connectivity index (χ3n) is 8.39. The predicted octanol–water partition coefficient (Wildman–Crippen LogP) is 6.89. The molecule has 0 bridgehead atoms. The molecular formula is C30H28F6N4O6S. The lowest BCUT2D eigenvalue weighted by molar-refractivity contribution is -0.147. The summed E-state index contributed by atoms with van der Waals surface area (Å²) in [5.74, 6) is -1.97. The summed E-state index contributed by atoms with van der Waals surface area (Å²) in [6.07, 6.45) is -4.12. The Kier molecular flexibility index (Phi) is 9.68. The lowest BCUT2D eigenvalue weighted by Crippen LogP contribution is -2.51. The number of benzene rings is 2. The van der Waals surface area contributed by atoms with E-state index in [2.05, 4.69) is 19.8 Å². The Labute approximate surface area is 265 Å². The number of halogens is 6. The van der Waals surface area contributed by atoms with Crippen LogP contribution in [0.15, 0.2) is 59.1 Å². The molecule has 10 nitrogen and oxygen atoms in total. The number of urea groups is 1. The number of ether oxygens (including phenoxy) is 1. The SMILES string of the molecule is COC(=O)C[C@@H]1C[C@H](C2CC(c3ccc(NC(=O)Nc4cccc(C(F)(F)F)c4)cc3)=C(C#N)C(OS(=O)(=O)C(F)(F)F)=N2)C1(C)C. The highest BCUT2D eigenvalue weighted by atomic mass is 32.2. The van der Waals surface area contributed by atoms with Gasteiger partial charge in [-0.3, -0.25) is 4.79 Å². The molecule has 2 aromatic carbocycles. The zero-order chi connectivity index (χ0) is 34.9. The van der Waals surface area contributed by atoms with Crippen molar-refractivity contribution >= 4 is 45.0 Å². The van der Waals surface area contributed by atoms with E-state index < -0.39 is 62.3 Å². The molecule has 1 aliphatic carbocycles. The molecule has 2 aliphatic rings. The summed E-state index contributed by atoms with van der Waals surface area (Å²) in [7, 11) is -4.95. The number of aliphatic imine (C=N–C) groups is 1. The molecule has 0 saturated heterocycles. The Bertz CT molecular complexity index is 1760. The summed E-state index contributed by atoms with van der Waals surface area (Å²) in [5.41, 5.74) is -7.43. The Balaban J connectivity index is 1.61. The molecule has 252 valence electrons. The van der Waals surface area contributed by atoms with Crippen LogP contribution in [0.25, 0.3) is 5.57 Å². The van der Waals surface area contributed by atoms with Gasteiger partial charge in [-0.05, 0) is 71.6 Å². The van der Waals surface area contributed by atoms with Gasteiger partial charge in [-0.25, -0.2) is 9.79 Å². The van der Waals surface area contributed by atoms with Crippen LogP contribution in [0.5, 0.6) is 0 Å². The molecular weight excluding hydrogens is 658 g/mol. The highest BCUT2D eigenvalue weighted by Crippen LogP contribution is 2.57. The Morgan fingerprint density at radius 2 is 1.68 bits per heavy atom. The van der Waals surface area contributed by atoms with Crippen LogP contribution in [0, 0.1) is 28.6 Å². The molecule has 2 N–H and O–H groups in total. The Morgan fingerprint density at radius 3 is 2.23 bits per heavy atom. The van der Waals surface area contributed by atoms with Gasteiger partial charge in [-0.2, -0.15) is 40.0 Å². The molecule has 3 atom stereocenters. The second kappa shape index (κ2) is 12.9. The van der Waals surface area contributed by atoms with E-state index in [9.17, 15) is 49.6 Å². The van der Waals surface area contributed by atoms with Crippen molar-refractivity contribution in [3.63, 3.8) is 0 Å². The van der Waals surface area contributed by atoms with E-state index in [1.165, 1.54) is 37.4 Å². The highest BCUT2D eigenvalue weighted by Gasteiger charge is 2.54. The number of nitrogens with zero attached hydrogens (tertiary/aromatic N) is 2. The van der Waals surface area contributed by atoms with E-state index in [0.29, 0.717) is 6.42 Å². The van der Waals surface area contributed by atoms with Crippen molar-refractivity contribution in [3.05, 3.63) is 65.2 Å². The van der Waals surface area contributed by atoms with Crippen molar-refractivity contribution in [1.29, 1.82) is 5.26 Å². The molecule has 1 fully saturated rings. The van der Waals surface area contributed by atoms with E-state index in [4.69, 9.17) is 4.74 Å². The molecule has 1 saturated carbocycles. The van der Waals surface area contributed by atoms with Gasteiger partial charge in [-0.1, -0.05) is 32.0 Å². The third-order valence-corrected chi connectivity index (χ3v) is 9.33. The normalized spacial score (nSPS) is 21.1. The molecule has 47 heavy (non-hydrogen) atoms. The molecule has 2 amide bonds. The number of nitriles is 1. The van der Waals surface area contributed by atoms with Crippen molar-refractivity contribution in [2.45, 2.75) is 50.8 Å². The number of nitrogens with one attached hydrogen (secondary N) is 2. The second-order valence-electron chi connectivity index (χ2n) is 11.5. The first kappa shape index (κ1) is 35.3. The molecule has 0 radical (unpaired) electrons. The van der Waals surface area contributed by atoms with Gasteiger partial charge in [0.1, 0.15) is 11.6 Å². The number of alkyl halides is 6. The number of carbonyl (C=O) groups is 2. The zero-order valence-electron chi connectivity index (χ0n) is 25.0. The largest absolute Gasteiger partial charge is 0.534 e. The van der Waals surface area contributed by atoms with Crippen LogP contribution in [0.2, 0.25) is 0 Å². The van der Waals surface area contributed by atoms with Crippen molar-refractivity contribution in [2.24, 2.45) is 22.2 Å². The van der Waals surface area contributed by atoms with Gasteiger partial charge < -0.3 is 19.6 Å². The van der Waals surface area contributed by atoms with E-state index in [-0.39, 0.29) is 47.2 Å². The minimum absolute atomic E-state index is 0.00364. The number of methoxy groups -OCH3 is 1. The second-order valence-corrected chi connectivity index (χ2v) is 13.1. The maximum absolute atomic E-state index is 13.3. The number of hydrogen-bond donors (Lipinski definition) is 2. The quantitative estimate of drug-likeness (QED) is 0.140. The van der Waals surface area contributed by atoms with E-state index in [0.717, 1.165) is 18.2 Å². The summed E-state index contributed by atoms with van der Waals surface area (Å²) in [4.78, 5) is 28.5. The van der Waals surface area contributed by atoms with Crippen molar-refractivity contribution in [3.8, 4) is 6.07 Å². The van der Waals surface area contributed by atoms with Gasteiger partial charge in [0.2, 0.25) is 5.90 Å². The lowest BCUT2D eigenvalue weighted by Gasteiger charge is -2.54. The van der Waals surface area contributed by atoms with Gasteiger partial charge in [0.25, 0.3) is 0 Å². The van der Waals surface area contributed by atoms with E-state index in [1.807, 2.05) is 13.8 Å². The Hall–Kier alpha value is -4.59. The van der Waals surface area contributed by atoms with Crippen molar-refractivity contribution in [2.75, 3.05) is 17.7 Å². The van der Waals surface area contributed by atoms with Gasteiger partial charge in [-0.15, -0.1) is 0 Å². The number of rotatable bonds is 7. The van der Waals surface area contributed by atoms with E-state index >= 15 is 0 Å². The first-order valence-corrected chi connectivity index (χ1v) is 15.3. The fourth-order valence-electron chi connectivity index (χ4n) is 5.69. The van der Waals surface area contributed by atoms with Gasteiger partial charge in [0.05, 0.1) is 18.7 Å². The highest BCUT2D eigenvalue weighted by molar-refractivity contribution is 7.88. The molecule has 4 rings (SSSR count). The molecule has 1 aliphatic heterocycles. The molecule has 2 aromatic rings. The predicted molar refractivity (Wildman–Crippen MR) is 157 cm³/mol. The van der Waals surface area contributed by atoms with Crippen molar-refractivity contribution in [1.82, 2.24) is 0 Å². The minimum Gasteiger partial charge on any atom is -0.469 e. The van der Waals surface area contributed by atoms with Crippen LogP contribution in [-0.2, 0) is 30.0 Å². The maximum Gasteiger partial charge on any atom is 0.534 e. The molecule has 17 heteroatoms. The summed E-state index contributed by atoms with van der Waals surface area (Å²) in [6, 6.07) is 9.53. The first-order chi connectivity index (χ1) is 21.8. The standard InChI is InChI=1S/C30H28F6N4O6S/c1-28(2)18(13-25(41)45-3)12-23(28)24-14-21(22(15-37)26(40-24)46-47(43,44)30(34,35)36)16-7-9-19(10-8-16)38-27(42)39-20-6-4-5-17(11-20)29(31,32)33/h4-11,18,23-24H,12-14H2,1-3H3,(H2,38,39,42)/t18-,23+,24?/m0/s1. The van der Waals surface area contributed by atoms with Crippen LogP contribution in [0.4, 0.5) is 42.5 Å². The third kappa shape index (κ3) is 7.70. The van der Waals surface area contributed by atoms with Crippen LogP contribution < -0.4 is 10.6 Å². The maximum atomic E-state index is 13.3. The monoisotopic (exact) mass is 686 g/mol. The number of anilines is 2. The van der Waals surface area contributed by atoms with Gasteiger partial charge >= 0.3 is 33.8 Å². The molecule has 1 unspecified atom stereocenters. The fourth-order valence-corrected chi connectivity index (χ4v) is 6.12. The average Bonchev–Trinajstić information content (AvgIpc) is 2.97. The summed E-state index contributed by atoms with van der Waals surface area (Å²) >= 11 is 0. The number of hydrogen-bond acceptors (Lipinski definition) is 8. The summed E-state index contributed by atoms with van der Waals surface area (Å²) in [5, 5.41) is 14.6. The number of amides is 2. The van der Waals surface area contributed by atoms with Gasteiger partial charge in [0, 0.05) is 17.8 Å². The minimum atomic E-state index is -6.19. The number of carbonyl (C=O) groups excluding carboxylic acids is 2. The van der Waals surface area contributed by atoms with Crippen LogP contribution in [0.1, 0.15) is 44.2 Å².